The molecular formula is C19H22N2O8. The molecule has 0 unspecified atom stereocenters. The number of hydrogen-bond acceptors (Lipinski definition) is 8. The smallest absolute Gasteiger partial charge is 0.433 e. The normalized spacial score (nSPS) is 10.3. The Kier molecular flexibility index (Phi) is 7.58. The van der Waals surface area contributed by atoms with E-state index in [2.05, 4.69) is 0 Å². The van der Waals surface area contributed by atoms with Crippen molar-refractivity contribution < 1.29 is 33.1 Å². The molecule has 0 aliphatic heterocycles. The fraction of sp³-hybridized carbons (Fsp3) is 0.368. The summed E-state index contributed by atoms with van der Waals surface area (Å²) in [5.74, 6) is -1.14. The van der Waals surface area contributed by atoms with Gasteiger partial charge in [-0.2, -0.15) is 0 Å². The van der Waals surface area contributed by atoms with Gasteiger partial charge < -0.3 is 23.5 Å². The van der Waals surface area contributed by atoms with Crippen LogP contribution in [0.3, 0.4) is 0 Å². The lowest BCUT2D eigenvalue weighted by molar-refractivity contribution is -0.402. The average Bonchev–Trinajstić information content (AvgIpc) is 3.21. The third-order valence-electron chi connectivity index (χ3n) is 3.94. The molecule has 0 atom stereocenters. The molecule has 0 fully saturated rings. The Balaban J connectivity index is 1.97. The number of amides is 1. The van der Waals surface area contributed by atoms with Crippen molar-refractivity contribution in [3.05, 3.63) is 51.8 Å². The first kappa shape index (κ1) is 21.7. The summed E-state index contributed by atoms with van der Waals surface area (Å²) in [6.45, 7) is 4.31. The molecular weight excluding hydrogens is 384 g/mol. The van der Waals surface area contributed by atoms with Crippen molar-refractivity contribution in [3.8, 4) is 11.5 Å². The number of nitro groups is 1. The molecule has 0 bridgehead atoms. The van der Waals surface area contributed by atoms with Gasteiger partial charge in [-0.3, -0.25) is 14.9 Å². The Bertz CT molecular complexity index is 877. The highest BCUT2D eigenvalue weighted by molar-refractivity contribution is 5.89. The molecule has 0 saturated carbocycles. The highest BCUT2D eigenvalue weighted by Crippen LogP contribution is 2.28. The second-order valence-corrected chi connectivity index (χ2v) is 5.80. The third kappa shape index (κ3) is 5.71. The lowest BCUT2D eigenvalue weighted by Crippen LogP contribution is -2.34. The summed E-state index contributed by atoms with van der Waals surface area (Å²) < 4.78 is 20.4. The van der Waals surface area contributed by atoms with Gasteiger partial charge in [-0.05, 0) is 37.6 Å². The van der Waals surface area contributed by atoms with Gasteiger partial charge in [0.05, 0.1) is 19.8 Å². The van der Waals surface area contributed by atoms with Gasteiger partial charge in [-0.15, -0.1) is 0 Å². The molecule has 0 aliphatic carbocycles. The molecule has 0 saturated heterocycles. The minimum absolute atomic E-state index is 0.280. The molecule has 10 nitrogen and oxygen atoms in total. The van der Waals surface area contributed by atoms with Gasteiger partial charge >= 0.3 is 11.9 Å². The van der Waals surface area contributed by atoms with E-state index in [1.807, 2.05) is 13.0 Å². The van der Waals surface area contributed by atoms with Gasteiger partial charge in [0.15, 0.2) is 18.1 Å². The number of likely N-dealkylation sites (N-methyl/N-ethyl adjacent to an activating group) is 1. The summed E-state index contributed by atoms with van der Waals surface area (Å²) in [5, 5.41) is 10.6. The minimum Gasteiger partial charge on any atom is -0.493 e. The van der Waals surface area contributed by atoms with E-state index in [-0.39, 0.29) is 12.3 Å². The maximum absolute atomic E-state index is 12.4. The van der Waals surface area contributed by atoms with E-state index in [1.54, 1.807) is 19.1 Å². The van der Waals surface area contributed by atoms with Crippen LogP contribution in [0.25, 0.3) is 0 Å². The lowest BCUT2D eigenvalue weighted by Gasteiger charge is -2.21. The number of ether oxygens (including phenoxy) is 3. The van der Waals surface area contributed by atoms with E-state index >= 15 is 0 Å². The van der Waals surface area contributed by atoms with Crippen molar-refractivity contribution >= 4 is 17.8 Å². The predicted octanol–water partition coefficient (Wildman–Crippen LogP) is 2.80. The molecule has 2 rings (SSSR count). The number of carbonyl (C=O) groups excluding carboxylic acids is 2. The Morgan fingerprint density at radius 1 is 1.17 bits per heavy atom. The molecule has 1 amide bonds. The van der Waals surface area contributed by atoms with Crippen molar-refractivity contribution in [2.75, 3.05) is 26.9 Å². The summed E-state index contributed by atoms with van der Waals surface area (Å²) in [6.07, 6.45) is 0. The Morgan fingerprint density at radius 2 is 1.93 bits per heavy atom. The van der Waals surface area contributed by atoms with Gasteiger partial charge in [-0.1, -0.05) is 6.07 Å². The standard InChI is InChI=1S/C19H22N2O8/c1-4-20(11-13-6-7-14(27-5-2)16(10-13)26-3)17(22)12-28-19(23)15-8-9-18(29-15)21(24)25/h6-10H,4-5,11-12H2,1-3H3. The van der Waals surface area contributed by atoms with E-state index in [0.29, 0.717) is 24.7 Å². The van der Waals surface area contributed by atoms with Crippen molar-refractivity contribution in [2.24, 2.45) is 0 Å². The monoisotopic (exact) mass is 406 g/mol. The topological polar surface area (TPSA) is 121 Å². The van der Waals surface area contributed by atoms with Gasteiger partial charge in [0.25, 0.3) is 5.91 Å². The van der Waals surface area contributed by atoms with Crippen LogP contribution in [0.1, 0.15) is 30.0 Å². The van der Waals surface area contributed by atoms with Crippen LogP contribution >= 0.6 is 0 Å². The molecule has 0 N–H and O–H groups in total. The summed E-state index contributed by atoms with van der Waals surface area (Å²) in [6, 6.07) is 7.51. The van der Waals surface area contributed by atoms with E-state index in [4.69, 9.17) is 18.6 Å². The second-order valence-electron chi connectivity index (χ2n) is 5.80. The van der Waals surface area contributed by atoms with Crippen LogP contribution in [0.5, 0.6) is 11.5 Å². The molecule has 0 radical (unpaired) electrons. The fourth-order valence-electron chi connectivity index (χ4n) is 2.51. The zero-order chi connectivity index (χ0) is 21.4. The van der Waals surface area contributed by atoms with Crippen LogP contribution in [-0.2, 0) is 16.1 Å². The maximum Gasteiger partial charge on any atom is 0.433 e. The van der Waals surface area contributed by atoms with Gasteiger partial charge in [0, 0.05) is 13.1 Å². The largest absolute Gasteiger partial charge is 0.493 e. The number of rotatable bonds is 10. The van der Waals surface area contributed by atoms with Gasteiger partial charge in [0.1, 0.15) is 4.92 Å². The Labute approximate surface area is 167 Å². The molecule has 1 heterocycles. The predicted molar refractivity (Wildman–Crippen MR) is 101 cm³/mol. The lowest BCUT2D eigenvalue weighted by atomic mass is 10.2. The molecule has 29 heavy (non-hydrogen) atoms. The molecule has 10 heteroatoms. The van der Waals surface area contributed by atoms with Crippen LogP contribution in [0, 0.1) is 10.1 Å². The number of furan rings is 1. The summed E-state index contributed by atoms with van der Waals surface area (Å²) in [5.41, 5.74) is 0.813. The van der Waals surface area contributed by atoms with E-state index < -0.39 is 29.3 Å². The zero-order valence-corrected chi connectivity index (χ0v) is 16.4. The van der Waals surface area contributed by atoms with E-state index in [9.17, 15) is 19.7 Å². The van der Waals surface area contributed by atoms with Gasteiger partial charge in [-0.25, -0.2) is 4.79 Å². The van der Waals surface area contributed by atoms with E-state index in [1.165, 1.54) is 12.0 Å². The molecule has 2 aromatic rings. The molecule has 0 aliphatic rings. The van der Waals surface area contributed by atoms with Crippen molar-refractivity contribution in [2.45, 2.75) is 20.4 Å². The van der Waals surface area contributed by atoms with Crippen molar-refractivity contribution in [3.63, 3.8) is 0 Å². The molecule has 0 spiro atoms. The SMILES string of the molecule is CCOc1ccc(CN(CC)C(=O)COC(=O)c2ccc([N+](=O)[O-])o2)cc1OC. The first-order valence-corrected chi connectivity index (χ1v) is 8.88. The number of benzene rings is 1. The molecule has 156 valence electrons. The minimum atomic E-state index is -0.953. The Morgan fingerprint density at radius 3 is 2.52 bits per heavy atom. The third-order valence-corrected chi connectivity index (χ3v) is 3.94. The highest BCUT2D eigenvalue weighted by Gasteiger charge is 2.21. The first-order valence-electron chi connectivity index (χ1n) is 8.88. The second kappa shape index (κ2) is 10.1. The highest BCUT2D eigenvalue weighted by atomic mass is 16.7. The Hall–Kier alpha value is -3.56. The van der Waals surface area contributed by atoms with Crippen LogP contribution in [-0.4, -0.2) is 48.6 Å². The van der Waals surface area contributed by atoms with Crippen molar-refractivity contribution in [1.29, 1.82) is 0 Å². The van der Waals surface area contributed by atoms with Gasteiger partial charge in [0.2, 0.25) is 5.76 Å². The average molecular weight is 406 g/mol. The fourth-order valence-corrected chi connectivity index (χ4v) is 2.51. The summed E-state index contributed by atoms with van der Waals surface area (Å²) in [7, 11) is 1.53. The molecule has 1 aromatic carbocycles. The first-order chi connectivity index (χ1) is 13.9. The number of esters is 1. The number of hydrogen-bond donors (Lipinski definition) is 0. The zero-order valence-electron chi connectivity index (χ0n) is 16.4. The number of carbonyl (C=O) groups is 2. The molecule has 1 aromatic heterocycles. The number of nitrogens with zero attached hydrogens (tertiary/aromatic N) is 2. The van der Waals surface area contributed by atoms with E-state index in [0.717, 1.165) is 17.7 Å². The number of methoxy groups -OCH3 is 1. The van der Waals surface area contributed by atoms with Crippen LogP contribution in [0.2, 0.25) is 0 Å². The van der Waals surface area contributed by atoms with Crippen LogP contribution in [0.4, 0.5) is 5.88 Å². The summed E-state index contributed by atoms with van der Waals surface area (Å²) in [4.78, 5) is 35.6. The van der Waals surface area contributed by atoms with Crippen molar-refractivity contribution in [1.82, 2.24) is 4.90 Å². The maximum atomic E-state index is 12.4. The quantitative estimate of drug-likeness (QED) is 0.335. The summed E-state index contributed by atoms with van der Waals surface area (Å²) >= 11 is 0. The van der Waals surface area contributed by atoms with Crippen LogP contribution < -0.4 is 9.47 Å². The van der Waals surface area contributed by atoms with Crippen LogP contribution in [0.15, 0.2) is 34.7 Å².